The summed E-state index contributed by atoms with van der Waals surface area (Å²) in [6.07, 6.45) is 1.78. The molecule has 4 rings (SSSR count). The first kappa shape index (κ1) is 24.3. The third-order valence-corrected chi connectivity index (χ3v) is 5.16. The van der Waals surface area contributed by atoms with Crippen LogP contribution in [0.25, 0.3) is 0 Å². The Bertz CT molecular complexity index is 1550. The zero-order valence-corrected chi connectivity index (χ0v) is 19.2. The predicted molar refractivity (Wildman–Crippen MR) is 128 cm³/mol. The molecule has 0 saturated carbocycles. The number of hydrogen-bond acceptors (Lipinski definition) is 6. The van der Waals surface area contributed by atoms with Crippen LogP contribution in [0.1, 0.15) is 29.3 Å². The van der Waals surface area contributed by atoms with Gasteiger partial charge in [-0.25, -0.2) is 33.3 Å². The SMILES string of the molecule is CCCn1c(=O)[nH]/c(=N\c2ccc(Oc3ccc(C(=O)O)cn3)cc2)n(Cc2ccc(F)cc2)c1=O. The number of benzene rings is 2. The second kappa shape index (κ2) is 10.6. The molecule has 0 spiro atoms. The highest BCUT2D eigenvalue weighted by Gasteiger charge is 2.10. The van der Waals surface area contributed by atoms with E-state index < -0.39 is 23.2 Å². The lowest BCUT2D eigenvalue weighted by molar-refractivity contribution is 0.0696. The molecule has 0 unspecified atom stereocenters. The normalized spacial score (nSPS) is 11.4. The molecular weight excluding hydrogens is 469 g/mol. The molecule has 0 fully saturated rings. The Morgan fingerprint density at radius 3 is 2.39 bits per heavy atom. The second-order valence-corrected chi connectivity index (χ2v) is 7.80. The van der Waals surface area contributed by atoms with Gasteiger partial charge in [0.15, 0.2) is 0 Å². The first-order valence-electron chi connectivity index (χ1n) is 11.0. The van der Waals surface area contributed by atoms with E-state index in [0.717, 1.165) is 4.57 Å². The van der Waals surface area contributed by atoms with E-state index in [1.54, 1.807) is 36.4 Å². The molecule has 11 heteroatoms. The second-order valence-electron chi connectivity index (χ2n) is 7.80. The van der Waals surface area contributed by atoms with Crippen molar-refractivity contribution in [2.45, 2.75) is 26.4 Å². The first-order chi connectivity index (χ1) is 17.3. The van der Waals surface area contributed by atoms with Crippen molar-refractivity contribution in [3.63, 3.8) is 0 Å². The molecule has 4 aromatic rings. The average Bonchev–Trinajstić information content (AvgIpc) is 2.87. The smallest absolute Gasteiger partial charge is 0.337 e. The Kier molecular flexibility index (Phi) is 7.19. The molecule has 0 amide bonds. The van der Waals surface area contributed by atoms with Crippen molar-refractivity contribution in [3.8, 4) is 11.6 Å². The molecule has 0 aliphatic carbocycles. The number of halogens is 1. The molecule has 2 heterocycles. The molecule has 0 atom stereocenters. The fraction of sp³-hybridized carbons (Fsp3) is 0.160. The van der Waals surface area contributed by atoms with Crippen molar-refractivity contribution < 1.29 is 19.0 Å². The summed E-state index contributed by atoms with van der Waals surface area (Å²) >= 11 is 0. The van der Waals surface area contributed by atoms with Crippen LogP contribution in [0.4, 0.5) is 10.1 Å². The standard InChI is InChI=1S/C25H22FN5O5/c1-2-13-30-24(34)29-23(31(25(30)35)15-16-3-6-18(26)7-4-16)28-19-8-10-20(11-9-19)36-21-12-5-17(14-27-21)22(32)33/h3-12,14H,2,13,15H2,1H3,(H,32,33)(H,28,29,34). The lowest BCUT2D eigenvalue weighted by atomic mass is 10.2. The van der Waals surface area contributed by atoms with Crippen LogP contribution in [0, 0.1) is 5.82 Å². The summed E-state index contributed by atoms with van der Waals surface area (Å²) in [6, 6.07) is 15.0. The van der Waals surface area contributed by atoms with Gasteiger partial charge in [0.25, 0.3) is 0 Å². The van der Waals surface area contributed by atoms with E-state index in [-0.39, 0.29) is 30.2 Å². The quantitative estimate of drug-likeness (QED) is 0.389. The molecule has 2 aromatic carbocycles. The number of hydrogen-bond donors (Lipinski definition) is 2. The number of H-pyrrole nitrogens is 1. The van der Waals surface area contributed by atoms with Crippen LogP contribution in [-0.4, -0.2) is 30.2 Å². The topological polar surface area (TPSA) is 132 Å². The van der Waals surface area contributed by atoms with Gasteiger partial charge in [-0.1, -0.05) is 19.1 Å². The number of aromatic carboxylic acids is 1. The number of carboxylic acid groups (broad SMARTS) is 1. The van der Waals surface area contributed by atoms with Crippen LogP contribution in [0.3, 0.4) is 0 Å². The summed E-state index contributed by atoms with van der Waals surface area (Å²) in [5.41, 5.74) is 0.0794. The third kappa shape index (κ3) is 5.63. The Labute approximate surface area is 203 Å². The number of aromatic nitrogens is 4. The average molecular weight is 491 g/mol. The summed E-state index contributed by atoms with van der Waals surface area (Å²) < 4.78 is 21.4. The Morgan fingerprint density at radius 2 is 1.78 bits per heavy atom. The molecule has 184 valence electrons. The maximum atomic E-state index is 13.3. The largest absolute Gasteiger partial charge is 0.478 e. The fourth-order valence-electron chi connectivity index (χ4n) is 3.38. The molecule has 0 aliphatic heterocycles. The van der Waals surface area contributed by atoms with E-state index >= 15 is 0 Å². The van der Waals surface area contributed by atoms with Gasteiger partial charge in [-0.2, -0.15) is 0 Å². The molecule has 0 radical (unpaired) electrons. The maximum Gasteiger partial charge on any atom is 0.337 e. The third-order valence-electron chi connectivity index (χ3n) is 5.16. The number of pyridine rings is 1. The summed E-state index contributed by atoms with van der Waals surface area (Å²) in [4.78, 5) is 47.6. The number of aromatic amines is 1. The van der Waals surface area contributed by atoms with Gasteiger partial charge < -0.3 is 9.84 Å². The minimum Gasteiger partial charge on any atom is -0.478 e. The van der Waals surface area contributed by atoms with Gasteiger partial charge in [-0.05, 0) is 54.4 Å². The van der Waals surface area contributed by atoms with Gasteiger partial charge in [0.1, 0.15) is 11.6 Å². The minimum atomic E-state index is -1.09. The van der Waals surface area contributed by atoms with Crippen LogP contribution in [0.15, 0.2) is 81.4 Å². The molecule has 0 aliphatic rings. The van der Waals surface area contributed by atoms with Gasteiger partial charge >= 0.3 is 17.3 Å². The summed E-state index contributed by atoms with van der Waals surface area (Å²) in [5.74, 6) is -0.841. The van der Waals surface area contributed by atoms with E-state index in [2.05, 4.69) is 15.0 Å². The number of rotatable bonds is 8. The maximum absolute atomic E-state index is 13.3. The van der Waals surface area contributed by atoms with E-state index in [9.17, 15) is 18.8 Å². The molecule has 36 heavy (non-hydrogen) atoms. The van der Waals surface area contributed by atoms with Crippen molar-refractivity contribution in [2.24, 2.45) is 4.99 Å². The number of carboxylic acids is 1. The van der Waals surface area contributed by atoms with Gasteiger partial charge in [0.2, 0.25) is 11.5 Å². The summed E-state index contributed by atoms with van der Waals surface area (Å²) in [6.45, 7) is 2.18. The van der Waals surface area contributed by atoms with Crippen molar-refractivity contribution in [1.82, 2.24) is 19.1 Å². The Balaban J connectivity index is 1.67. The van der Waals surface area contributed by atoms with Crippen LogP contribution in [0.5, 0.6) is 11.6 Å². The van der Waals surface area contributed by atoms with Gasteiger partial charge in [-0.3, -0.25) is 9.55 Å². The molecule has 0 saturated heterocycles. The monoisotopic (exact) mass is 491 g/mol. The van der Waals surface area contributed by atoms with Gasteiger partial charge in [-0.15, -0.1) is 0 Å². The van der Waals surface area contributed by atoms with Crippen LogP contribution >= 0.6 is 0 Å². The van der Waals surface area contributed by atoms with Crippen LogP contribution in [-0.2, 0) is 13.1 Å². The number of ether oxygens (including phenoxy) is 1. The summed E-state index contributed by atoms with van der Waals surface area (Å²) in [7, 11) is 0. The van der Waals surface area contributed by atoms with Gasteiger partial charge in [0.05, 0.1) is 17.8 Å². The van der Waals surface area contributed by atoms with E-state index in [0.29, 0.717) is 23.4 Å². The Hall–Kier alpha value is -4.80. The summed E-state index contributed by atoms with van der Waals surface area (Å²) in [5, 5.41) is 8.96. The molecule has 0 bridgehead atoms. The Morgan fingerprint density at radius 1 is 1.06 bits per heavy atom. The van der Waals surface area contributed by atoms with Crippen LogP contribution in [0.2, 0.25) is 0 Å². The van der Waals surface area contributed by atoms with Crippen molar-refractivity contribution in [2.75, 3.05) is 0 Å². The minimum absolute atomic E-state index is 0.0419. The van der Waals surface area contributed by atoms with Crippen molar-refractivity contribution in [1.29, 1.82) is 0 Å². The highest BCUT2D eigenvalue weighted by molar-refractivity contribution is 5.87. The van der Waals surface area contributed by atoms with Crippen LogP contribution < -0.4 is 21.7 Å². The first-order valence-corrected chi connectivity index (χ1v) is 11.0. The van der Waals surface area contributed by atoms with Gasteiger partial charge in [0, 0.05) is 18.8 Å². The lowest BCUT2D eigenvalue weighted by Crippen LogP contribution is -2.50. The number of nitrogens with one attached hydrogen (secondary N) is 1. The zero-order valence-electron chi connectivity index (χ0n) is 19.2. The van der Waals surface area contributed by atoms with E-state index in [4.69, 9.17) is 9.84 Å². The molecule has 10 nitrogen and oxygen atoms in total. The zero-order chi connectivity index (χ0) is 25.7. The molecule has 2 N–H and O–H groups in total. The van der Waals surface area contributed by atoms with E-state index in [1.165, 1.54) is 35.0 Å². The number of nitrogens with zero attached hydrogens (tertiary/aromatic N) is 4. The lowest BCUT2D eigenvalue weighted by Gasteiger charge is -2.11. The molecular formula is C25H22FN5O5. The van der Waals surface area contributed by atoms with E-state index in [1.807, 2.05) is 6.92 Å². The highest BCUT2D eigenvalue weighted by Crippen LogP contribution is 2.22. The number of carbonyl (C=O) groups is 1. The van der Waals surface area contributed by atoms with Crippen molar-refractivity contribution in [3.05, 3.63) is 110 Å². The molecule has 2 aromatic heterocycles. The predicted octanol–water partition coefficient (Wildman–Crippen LogP) is 3.05. The highest BCUT2D eigenvalue weighted by atomic mass is 19.1. The van der Waals surface area contributed by atoms with Crippen molar-refractivity contribution >= 4 is 11.7 Å². The fourth-order valence-corrected chi connectivity index (χ4v) is 3.38.